The van der Waals surface area contributed by atoms with E-state index in [4.69, 9.17) is 9.47 Å². The van der Waals surface area contributed by atoms with Crippen LogP contribution in [0.5, 0.6) is 5.75 Å². The fraction of sp³-hybridized carbons (Fsp3) is 0.600. The summed E-state index contributed by atoms with van der Waals surface area (Å²) in [6, 6.07) is 7.99. The first-order valence-electron chi connectivity index (χ1n) is 7.00. The maximum atomic E-state index is 5.74. The second kappa shape index (κ2) is 7.88. The lowest BCUT2D eigenvalue weighted by Gasteiger charge is -2.31. The predicted octanol–water partition coefficient (Wildman–Crippen LogP) is 3.33. The summed E-state index contributed by atoms with van der Waals surface area (Å²) in [6.45, 7) is 6.88. The molecular weight excluding hydrogens is 306 g/mol. The third kappa shape index (κ3) is 5.13. The SMILES string of the molecule is CCOC1CCN(CCOc2ccc(Br)cc2)CC1. The summed E-state index contributed by atoms with van der Waals surface area (Å²) in [5.74, 6) is 0.937. The zero-order valence-electron chi connectivity index (χ0n) is 11.5. The molecule has 4 heteroatoms. The molecule has 0 radical (unpaired) electrons. The largest absolute Gasteiger partial charge is 0.492 e. The highest BCUT2D eigenvalue weighted by Crippen LogP contribution is 2.17. The van der Waals surface area contributed by atoms with E-state index in [-0.39, 0.29) is 0 Å². The minimum Gasteiger partial charge on any atom is -0.492 e. The van der Waals surface area contributed by atoms with Gasteiger partial charge in [-0.1, -0.05) is 15.9 Å². The van der Waals surface area contributed by atoms with E-state index in [1.54, 1.807) is 0 Å². The molecule has 19 heavy (non-hydrogen) atoms. The molecule has 0 spiro atoms. The first kappa shape index (κ1) is 14.8. The van der Waals surface area contributed by atoms with Crippen molar-refractivity contribution in [2.45, 2.75) is 25.9 Å². The third-order valence-electron chi connectivity index (χ3n) is 3.43. The smallest absolute Gasteiger partial charge is 0.119 e. The molecule has 0 saturated carbocycles. The van der Waals surface area contributed by atoms with Gasteiger partial charge in [0.15, 0.2) is 0 Å². The van der Waals surface area contributed by atoms with E-state index in [1.165, 1.54) is 0 Å². The lowest BCUT2D eigenvalue weighted by atomic mass is 10.1. The monoisotopic (exact) mass is 327 g/mol. The normalized spacial score (nSPS) is 17.6. The van der Waals surface area contributed by atoms with Crippen LogP contribution in [0.25, 0.3) is 0 Å². The molecule has 0 aromatic heterocycles. The molecule has 0 atom stereocenters. The zero-order valence-corrected chi connectivity index (χ0v) is 13.1. The van der Waals surface area contributed by atoms with Crippen molar-refractivity contribution < 1.29 is 9.47 Å². The molecule has 1 aromatic carbocycles. The van der Waals surface area contributed by atoms with Gasteiger partial charge >= 0.3 is 0 Å². The van der Waals surface area contributed by atoms with E-state index < -0.39 is 0 Å². The summed E-state index contributed by atoms with van der Waals surface area (Å²) >= 11 is 3.42. The lowest BCUT2D eigenvalue weighted by Crippen LogP contribution is -2.39. The molecule has 1 aromatic rings. The van der Waals surface area contributed by atoms with Crippen molar-refractivity contribution in [3.63, 3.8) is 0 Å². The topological polar surface area (TPSA) is 21.7 Å². The van der Waals surface area contributed by atoms with Crippen LogP contribution in [0.1, 0.15) is 19.8 Å². The van der Waals surface area contributed by atoms with Crippen LogP contribution in [0.2, 0.25) is 0 Å². The molecule has 1 aliphatic rings. The van der Waals surface area contributed by atoms with Gasteiger partial charge in [-0.2, -0.15) is 0 Å². The van der Waals surface area contributed by atoms with Gasteiger partial charge in [-0.05, 0) is 44.0 Å². The highest BCUT2D eigenvalue weighted by molar-refractivity contribution is 9.10. The lowest BCUT2D eigenvalue weighted by molar-refractivity contribution is 0.0119. The first-order chi connectivity index (χ1) is 9.28. The molecule has 1 saturated heterocycles. The second-order valence-corrected chi connectivity index (χ2v) is 5.71. The average molecular weight is 328 g/mol. The number of piperidine rings is 1. The number of nitrogens with zero attached hydrogens (tertiary/aromatic N) is 1. The van der Waals surface area contributed by atoms with Crippen molar-refractivity contribution >= 4 is 15.9 Å². The number of benzene rings is 1. The molecule has 0 unspecified atom stereocenters. The van der Waals surface area contributed by atoms with Crippen LogP contribution in [0.4, 0.5) is 0 Å². The molecule has 106 valence electrons. The predicted molar refractivity (Wildman–Crippen MR) is 80.7 cm³/mol. The zero-order chi connectivity index (χ0) is 13.5. The van der Waals surface area contributed by atoms with Gasteiger partial charge in [0, 0.05) is 30.7 Å². The highest BCUT2D eigenvalue weighted by atomic mass is 79.9. The molecular formula is C15H22BrNO2. The highest BCUT2D eigenvalue weighted by Gasteiger charge is 2.18. The third-order valence-corrected chi connectivity index (χ3v) is 3.96. The maximum absolute atomic E-state index is 5.74. The summed E-state index contributed by atoms with van der Waals surface area (Å²) in [5.41, 5.74) is 0. The van der Waals surface area contributed by atoms with E-state index in [9.17, 15) is 0 Å². The summed E-state index contributed by atoms with van der Waals surface area (Å²) in [7, 11) is 0. The Labute approximate surface area is 124 Å². The summed E-state index contributed by atoms with van der Waals surface area (Å²) < 4.78 is 12.5. The van der Waals surface area contributed by atoms with Gasteiger partial charge in [-0.15, -0.1) is 0 Å². The summed E-state index contributed by atoms with van der Waals surface area (Å²) in [5, 5.41) is 0. The van der Waals surface area contributed by atoms with Crippen LogP contribution >= 0.6 is 15.9 Å². The second-order valence-electron chi connectivity index (χ2n) is 4.80. The minimum atomic E-state index is 0.466. The van der Waals surface area contributed by atoms with Gasteiger partial charge in [0.1, 0.15) is 12.4 Å². The van der Waals surface area contributed by atoms with E-state index in [2.05, 4.69) is 27.8 Å². The van der Waals surface area contributed by atoms with Crippen LogP contribution in [-0.2, 0) is 4.74 Å². The number of likely N-dealkylation sites (tertiary alicyclic amines) is 1. The van der Waals surface area contributed by atoms with E-state index in [1.807, 2.05) is 24.3 Å². The molecule has 2 rings (SSSR count). The molecule has 0 N–H and O–H groups in total. The van der Waals surface area contributed by atoms with Crippen LogP contribution in [0, 0.1) is 0 Å². The van der Waals surface area contributed by atoms with Gasteiger partial charge in [0.25, 0.3) is 0 Å². The Hall–Kier alpha value is -0.580. The van der Waals surface area contributed by atoms with Gasteiger partial charge in [0.05, 0.1) is 6.10 Å². The van der Waals surface area contributed by atoms with Crippen molar-refractivity contribution in [2.75, 3.05) is 32.8 Å². The van der Waals surface area contributed by atoms with E-state index in [0.717, 1.165) is 55.9 Å². The molecule has 1 heterocycles. The van der Waals surface area contributed by atoms with E-state index >= 15 is 0 Å². The van der Waals surface area contributed by atoms with Crippen LogP contribution in [0.3, 0.4) is 0 Å². The molecule has 0 aliphatic carbocycles. The fourth-order valence-electron chi connectivity index (χ4n) is 2.36. The number of hydrogen-bond donors (Lipinski definition) is 0. The first-order valence-corrected chi connectivity index (χ1v) is 7.79. The van der Waals surface area contributed by atoms with Gasteiger partial charge < -0.3 is 9.47 Å². The quantitative estimate of drug-likeness (QED) is 0.800. The summed E-state index contributed by atoms with van der Waals surface area (Å²) in [6.07, 6.45) is 2.76. The van der Waals surface area contributed by atoms with Gasteiger partial charge in [0.2, 0.25) is 0 Å². The minimum absolute atomic E-state index is 0.466. The molecule has 0 amide bonds. The fourth-order valence-corrected chi connectivity index (χ4v) is 2.62. The van der Waals surface area contributed by atoms with Crippen molar-refractivity contribution in [2.24, 2.45) is 0 Å². The van der Waals surface area contributed by atoms with Gasteiger partial charge in [-0.3, -0.25) is 4.90 Å². The molecule has 0 bridgehead atoms. The number of rotatable bonds is 6. The molecule has 1 aliphatic heterocycles. The van der Waals surface area contributed by atoms with Crippen LogP contribution in [0.15, 0.2) is 28.7 Å². The van der Waals surface area contributed by atoms with Crippen molar-refractivity contribution in [3.05, 3.63) is 28.7 Å². The molecule has 3 nitrogen and oxygen atoms in total. The number of ether oxygens (including phenoxy) is 2. The Morgan fingerprint density at radius 1 is 1.21 bits per heavy atom. The van der Waals surface area contributed by atoms with Crippen LogP contribution in [-0.4, -0.2) is 43.9 Å². The van der Waals surface area contributed by atoms with Crippen molar-refractivity contribution in [3.8, 4) is 5.75 Å². The molecule has 1 fully saturated rings. The Morgan fingerprint density at radius 3 is 2.53 bits per heavy atom. The summed E-state index contributed by atoms with van der Waals surface area (Å²) in [4.78, 5) is 2.45. The standard InChI is InChI=1S/C15H22BrNO2/c1-2-18-15-7-9-17(10-8-15)11-12-19-14-5-3-13(16)4-6-14/h3-6,15H,2,7-12H2,1H3. The Kier molecular flexibility index (Phi) is 6.14. The van der Waals surface area contributed by atoms with Crippen molar-refractivity contribution in [1.82, 2.24) is 4.90 Å². The Bertz CT molecular complexity index is 361. The number of halogens is 1. The maximum Gasteiger partial charge on any atom is 0.119 e. The Balaban J connectivity index is 1.63. The van der Waals surface area contributed by atoms with Crippen LogP contribution < -0.4 is 4.74 Å². The Morgan fingerprint density at radius 2 is 1.89 bits per heavy atom. The van der Waals surface area contributed by atoms with Gasteiger partial charge in [-0.25, -0.2) is 0 Å². The average Bonchev–Trinajstić information content (AvgIpc) is 2.43. The van der Waals surface area contributed by atoms with Crippen molar-refractivity contribution in [1.29, 1.82) is 0 Å². The van der Waals surface area contributed by atoms with E-state index in [0.29, 0.717) is 6.10 Å². The number of hydrogen-bond acceptors (Lipinski definition) is 3.